The summed E-state index contributed by atoms with van der Waals surface area (Å²) in [7, 11) is 0. The molecule has 0 saturated carbocycles. The number of carbonyl (C=O) groups is 1. The predicted octanol–water partition coefficient (Wildman–Crippen LogP) is 7.57. The smallest absolute Gasteiger partial charge is 0.267 e. The van der Waals surface area contributed by atoms with Crippen molar-refractivity contribution in [1.29, 1.82) is 0 Å². The summed E-state index contributed by atoms with van der Waals surface area (Å²) in [6.45, 7) is 7.87. The van der Waals surface area contributed by atoms with Gasteiger partial charge in [0.25, 0.3) is 5.91 Å². The van der Waals surface area contributed by atoms with E-state index < -0.39 is 5.60 Å². The molecule has 0 saturated heterocycles. The fraction of sp³-hybridized carbons (Fsp3) is 0.259. The molecule has 1 aromatic heterocycles. The monoisotopic (exact) mass is 506 g/mol. The van der Waals surface area contributed by atoms with Crippen LogP contribution in [0.3, 0.4) is 0 Å². The van der Waals surface area contributed by atoms with Crippen LogP contribution in [-0.2, 0) is 4.79 Å². The quantitative estimate of drug-likeness (QED) is 0.280. The lowest BCUT2D eigenvalue weighted by molar-refractivity contribution is -0.128. The van der Waals surface area contributed by atoms with Gasteiger partial charge in [-0.25, -0.2) is 4.98 Å². The Morgan fingerprint density at radius 2 is 1.79 bits per heavy atom. The third kappa shape index (κ3) is 5.28. The van der Waals surface area contributed by atoms with Gasteiger partial charge in [0.2, 0.25) is 5.89 Å². The molecule has 1 atom stereocenters. The van der Waals surface area contributed by atoms with Gasteiger partial charge in [0, 0.05) is 15.7 Å². The van der Waals surface area contributed by atoms with Gasteiger partial charge in [-0.05, 0) is 92.4 Å². The van der Waals surface area contributed by atoms with Crippen molar-refractivity contribution in [1.82, 2.24) is 4.98 Å². The van der Waals surface area contributed by atoms with Crippen molar-refractivity contribution in [3.63, 3.8) is 0 Å². The van der Waals surface area contributed by atoms with Crippen molar-refractivity contribution in [2.24, 2.45) is 0 Å². The summed E-state index contributed by atoms with van der Waals surface area (Å²) in [5.74, 6) is 1.43. The highest BCUT2D eigenvalue weighted by Crippen LogP contribution is 2.29. The van der Waals surface area contributed by atoms with Crippen LogP contribution < -0.4 is 10.1 Å². The third-order valence-corrected chi connectivity index (χ3v) is 6.24. The highest BCUT2D eigenvalue weighted by atomic mass is 79.9. The Labute approximate surface area is 202 Å². The summed E-state index contributed by atoms with van der Waals surface area (Å²) in [5.41, 5.74) is 3.36. The van der Waals surface area contributed by atoms with Crippen LogP contribution in [0.15, 0.2) is 75.6 Å². The summed E-state index contributed by atoms with van der Waals surface area (Å²) in [5, 5.41) is 2.92. The molecule has 1 N–H and O–H groups in total. The van der Waals surface area contributed by atoms with E-state index in [4.69, 9.17) is 9.15 Å². The largest absolute Gasteiger partial charge is 0.478 e. The Balaban J connectivity index is 1.46. The molecule has 1 amide bonds. The van der Waals surface area contributed by atoms with Crippen LogP contribution in [-0.4, -0.2) is 16.5 Å². The molecule has 4 rings (SSSR count). The molecule has 4 aromatic rings. The van der Waals surface area contributed by atoms with Crippen LogP contribution >= 0.6 is 15.9 Å². The van der Waals surface area contributed by atoms with Gasteiger partial charge in [-0.3, -0.25) is 4.79 Å². The van der Waals surface area contributed by atoms with E-state index in [2.05, 4.69) is 52.2 Å². The van der Waals surface area contributed by atoms with Gasteiger partial charge in [-0.2, -0.15) is 0 Å². The topological polar surface area (TPSA) is 64.4 Å². The molecule has 3 aromatic carbocycles. The summed E-state index contributed by atoms with van der Waals surface area (Å²) in [6.07, 6.45) is 1.08. The number of halogens is 1. The SMILES string of the molecule is CC[C@H](C)c1ccc2oc(-c3ccc(NC(=O)C(C)(C)Oc4ccc(Br)cc4)cc3)nc2c1. The minimum atomic E-state index is -1.04. The molecule has 0 fully saturated rings. The van der Waals surface area contributed by atoms with Crippen LogP contribution in [0.1, 0.15) is 45.6 Å². The molecule has 170 valence electrons. The number of hydrogen-bond acceptors (Lipinski definition) is 4. The zero-order chi connectivity index (χ0) is 23.6. The van der Waals surface area contributed by atoms with Gasteiger partial charge < -0.3 is 14.5 Å². The lowest BCUT2D eigenvalue weighted by Gasteiger charge is -2.25. The van der Waals surface area contributed by atoms with E-state index in [1.54, 1.807) is 13.8 Å². The summed E-state index contributed by atoms with van der Waals surface area (Å²) < 4.78 is 12.8. The van der Waals surface area contributed by atoms with Gasteiger partial charge in [-0.15, -0.1) is 0 Å². The summed E-state index contributed by atoms with van der Waals surface area (Å²) in [4.78, 5) is 17.5. The lowest BCUT2D eigenvalue weighted by Crippen LogP contribution is -2.42. The number of ether oxygens (including phenoxy) is 1. The number of nitrogens with zero attached hydrogens (tertiary/aromatic N) is 1. The minimum Gasteiger partial charge on any atom is -0.478 e. The van der Waals surface area contributed by atoms with Crippen LogP contribution in [0.2, 0.25) is 0 Å². The van der Waals surface area contributed by atoms with Gasteiger partial charge >= 0.3 is 0 Å². The van der Waals surface area contributed by atoms with Crippen LogP contribution in [0.25, 0.3) is 22.6 Å². The molecular formula is C27H27BrN2O3. The van der Waals surface area contributed by atoms with Gasteiger partial charge in [0.15, 0.2) is 11.2 Å². The minimum absolute atomic E-state index is 0.238. The molecule has 0 aliphatic heterocycles. The molecule has 6 heteroatoms. The maximum atomic E-state index is 12.8. The van der Waals surface area contributed by atoms with Crippen molar-refractivity contribution in [3.05, 3.63) is 76.8 Å². The number of rotatable bonds is 7. The Bertz CT molecular complexity index is 1260. The van der Waals surface area contributed by atoms with E-state index in [9.17, 15) is 4.79 Å². The molecular weight excluding hydrogens is 480 g/mol. The first-order chi connectivity index (χ1) is 15.7. The first-order valence-corrected chi connectivity index (χ1v) is 11.8. The lowest BCUT2D eigenvalue weighted by atomic mass is 9.98. The Kier molecular flexibility index (Phi) is 6.56. The molecule has 0 unspecified atom stereocenters. The fourth-order valence-corrected chi connectivity index (χ4v) is 3.70. The van der Waals surface area contributed by atoms with Gasteiger partial charge in [0.1, 0.15) is 11.3 Å². The van der Waals surface area contributed by atoms with Gasteiger partial charge in [0.05, 0.1) is 0 Å². The normalized spacial score (nSPS) is 12.5. The van der Waals surface area contributed by atoms with Crippen molar-refractivity contribution >= 4 is 38.6 Å². The zero-order valence-electron chi connectivity index (χ0n) is 19.2. The van der Waals surface area contributed by atoms with Crippen molar-refractivity contribution < 1.29 is 13.9 Å². The molecule has 0 spiro atoms. The maximum absolute atomic E-state index is 12.8. The Hall–Kier alpha value is -3.12. The Morgan fingerprint density at radius 3 is 2.45 bits per heavy atom. The first-order valence-electron chi connectivity index (χ1n) is 11.0. The standard InChI is InChI=1S/C27H27BrN2O3/c1-5-17(2)19-8-15-24-23(16-19)30-25(32-24)18-6-11-21(12-7-18)29-26(31)27(3,4)33-22-13-9-20(28)10-14-22/h6-17H,5H2,1-4H3,(H,29,31)/t17-/m0/s1. The van der Waals surface area contributed by atoms with Gasteiger partial charge in [-0.1, -0.05) is 35.8 Å². The highest BCUT2D eigenvalue weighted by Gasteiger charge is 2.30. The molecule has 1 heterocycles. The average molecular weight is 507 g/mol. The van der Waals surface area contributed by atoms with Crippen LogP contribution in [0, 0.1) is 0 Å². The predicted molar refractivity (Wildman–Crippen MR) is 136 cm³/mol. The van der Waals surface area contributed by atoms with E-state index in [1.807, 2.05) is 54.6 Å². The summed E-state index contributed by atoms with van der Waals surface area (Å²) in [6, 6.07) is 21.0. The second kappa shape index (κ2) is 9.40. The van der Waals surface area contributed by atoms with Crippen molar-refractivity contribution in [2.75, 3.05) is 5.32 Å². The average Bonchev–Trinajstić information content (AvgIpc) is 3.23. The third-order valence-electron chi connectivity index (χ3n) is 5.72. The highest BCUT2D eigenvalue weighted by molar-refractivity contribution is 9.10. The first kappa shape index (κ1) is 23.1. The van der Waals surface area contributed by atoms with Crippen molar-refractivity contribution in [3.8, 4) is 17.2 Å². The number of hydrogen-bond donors (Lipinski definition) is 1. The van der Waals surface area contributed by atoms with E-state index in [0.29, 0.717) is 23.2 Å². The van der Waals surface area contributed by atoms with E-state index in [-0.39, 0.29) is 5.91 Å². The second-order valence-corrected chi connectivity index (χ2v) is 9.57. The number of nitrogens with one attached hydrogen (secondary N) is 1. The molecule has 5 nitrogen and oxygen atoms in total. The number of oxazole rings is 1. The number of fused-ring (bicyclic) bond motifs is 1. The van der Waals surface area contributed by atoms with E-state index in [0.717, 1.165) is 27.6 Å². The maximum Gasteiger partial charge on any atom is 0.267 e. The number of amides is 1. The van der Waals surface area contributed by atoms with E-state index in [1.165, 1.54) is 5.56 Å². The number of aromatic nitrogens is 1. The molecule has 0 aliphatic carbocycles. The summed E-state index contributed by atoms with van der Waals surface area (Å²) >= 11 is 3.40. The van der Waals surface area contributed by atoms with Crippen LogP contribution in [0.4, 0.5) is 5.69 Å². The molecule has 33 heavy (non-hydrogen) atoms. The Morgan fingerprint density at radius 1 is 1.09 bits per heavy atom. The number of anilines is 1. The van der Waals surface area contributed by atoms with E-state index >= 15 is 0 Å². The second-order valence-electron chi connectivity index (χ2n) is 8.65. The molecule has 0 radical (unpaired) electrons. The van der Waals surface area contributed by atoms with Crippen molar-refractivity contribution in [2.45, 2.75) is 45.6 Å². The number of carbonyl (C=O) groups excluding carboxylic acids is 1. The van der Waals surface area contributed by atoms with Crippen LogP contribution in [0.5, 0.6) is 5.75 Å². The zero-order valence-corrected chi connectivity index (χ0v) is 20.8. The number of benzene rings is 3. The fourth-order valence-electron chi connectivity index (χ4n) is 3.43. The molecule has 0 aliphatic rings. The molecule has 0 bridgehead atoms.